The number of rotatable bonds is 8. The first-order chi connectivity index (χ1) is 13.6. The van der Waals surface area contributed by atoms with Crippen LogP contribution in [0, 0.1) is 6.92 Å². The third kappa shape index (κ3) is 4.88. The maximum Gasteiger partial charge on any atom is 0.227 e. The summed E-state index contributed by atoms with van der Waals surface area (Å²) in [6, 6.07) is 13.3. The number of carbonyl (C=O) groups is 1. The summed E-state index contributed by atoms with van der Waals surface area (Å²) < 4.78 is 15.8. The number of nitrogens with one attached hydrogen (secondary N) is 1. The third-order valence-corrected chi connectivity index (χ3v) is 4.31. The van der Waals surface area contributed by atoms with Crippen LogP contribution in [0.15, 0.2) is 47.0 Å². The standard InChI is InChI=1S/C21H23N3O4/c1-14-4-6-15(7-5-14)21-23-20(28-24-21)11-10-19(25)22-13-16-12-17(26-2)8-9-18(16)27-3/h4-9,12H,10-11,13H2,1-3H3,(H,22,25). The highest BCUT2D eigenvalue weighted by molar-refractivity contribution is 5.76. The quantitative estimate of drug-likeness (QED) is 0.644. The van der Waals surface area contributed by atoms with Gasteiger partial charge >= 0.3 is 0 Å². The summed E-state index contributed by atoms with van der Waals surface area (Å²) in [5.41, 5.74) is 2.89. The minimum Gasteiger partial charge on any atom is -0.497 e. The summed E-state index contributed by atoms with van der Waals surface area (Å²) in [4.78, 5) is 16.5. The van der Waals surface area contributed by atoms with Crippen molar-refractivity contribution >= 4 is 5.91 Å². The van der Waals surface area contributed by atoms with Crippen LogP contribution in [0.4, 0.5) is 0 Å². The molecule has 3 rings (SSSR count). The van der Waals surface area contributed by atoms with Crippen molar-refractivity contribution in [2.24, 2.45) is 0 Å². The molecule has 0 bridgehead atoms. The van der Waals surface area contributed by atoms with Gasteiger partial charge in [0, 0.05) is 30.5 Å². The molecule has 2 aromatic carbocycles. The molecule has 7 heteroatoms. The minimum absolute atomic E-state index is 0.111. The smallest absolute Gasteiger partial charge is 0.227 e. The molecule has 0 fully saturated rings. The van der Waals surface area contributed by atoms with Crippen LogP contribution < -0.4 is 14.8 Å². The maximum absolute atomic E-state index is 12.2. The Morgan fingerprint density at radius 2 is 1.89 bits per heavy atom. The zero-order valence-corrected chi connectivity index (χ0v) is 16.2. The predicted molar refractivity (Wildman–Crippen MR) is 104 cm³/mol. The van der Waals surface area contributed by atoms with Gasteiger partial charge in [-0.3, -0.25) is 4.79 Å². The number of nitrogens with zero attached hydrogens (tertiary/aromatic N) is 2. The van der Waals surface area contributed by atoms with Crippen molar-refractivity contribution in [1.29, 1.82) is 0 Å². The number of carbonyl (C=O) groups excluding carboxylic acids is 1. The summed E-state index contributed by atoms with van der Waals surface area (Å²) in [7, 11) is 3.19. The Balaban J connectivity index is 1.53. The molecule has 1 aromatic heterocycles. The van der Waals surface area contributed by atoms with E-state index in [2.05, 4.69) is 15.5 Å². The van der Waals surface area contributed by atoms with Crippen molar-refractivity contribution < 1.29 is 18.8 Å². The Bertz CT molecular complexity index is 935. The van der Waals surface area contributed by atoms with Gasteiger partial charge in [0.2, 0.25) is 17.6 Å². The molecule has 0 aliphatic heterocycles. The lowest BCUT2D eigenvalue weighted by atomic mass is 10.1. The van der Waals surface area contributed by atoms with Crippen LogP contribution in [0.25, 0.3) is 11.4 Å². The molecule has 0 radical (unpaired) electrons. The molecule has 0 atom stereocenters. The lowest BCUT2D eigenvalue weighted by Gasteiger charge is -2.11. The molecule has 7 nitrogen and oxygen atoms in total. The normalized spacial score (nSPS) is 10.5. The van der Waals surface area contributed by atoms with Crippen molar-refractivity contribution in [2.45, 2.75) is 26.3 Å². The second kappa shape index (κ2) is 9.03. The molecular weight excluding hydrogens is 358 g/mol. The van der Waals surface area contributed by atoms with Crippen LogP contribution in [0.5, 0.6) is 11.5 Å². The predicted octanol–water partition coefficient (Wildman–Crippen LogP) is 3.31. The number of amides is 1. The largest absolute Gasteiger partial charge is 0.497 e. The Morgan fingerprint density at radius 1 is 1.11 bits per heavy atom. The second-order valence-electron chi connectivity index (χ2n) is 6.33. The SMILES string of the molecule is COc1ccc(OC)c(CNC(=O)CCc2nc(-c3ccc(C)cc3)no2)c1. The molecule has 1 amide bonds. The number of aromatic nitrogens is 2. The van der Waals surface area contributed by atoms with Crippen LogP contribution in [0.2, 0.25) is 0 Å². The van der Waals surface area contributed by atoms with Crippen LogP contribution in [0.1, 0.15) is 23.4 Å². The lowest BCUT2D eigenvalue weighted by Crippen LogP contribution is -2.23. The molecule has 0 unspecified atom stereocenters. The van der Waals surface area contributed by atoms with Crippen molar-refractivity contribution in [1.82, 2.24) is 15.5 Å². The molecular formula is C21H23N3O4. The van der Waals surface area contributed by atoms with E-state index in [1.807, 2.05) is 49.4 Å². The number of aryl methyl sites for hydroxylation is 2. The second-order valence-corrected chi connectivity index (χ2v) is 6.33. The number of benzene rings is 2. The van der Waals surface area contributed by atoms with E-state index in [9.17, 15) is 4.79 Å². The zero-order valence-electron chi connectivity index (χ0n) is 16.2. The van der Waals surface area contributed by atoms with E-state index >= 15 is 0 Å². The first-order valence-electron chi connectivity index (χ1n) is 8.96. The fourth-order valence-corrected chi connectivity index (χ4v) is 2.70. The van der Waals surface area contributed by atoms with Gasteiger partial charge in [-0.25, -0.2) is 0 Å². The van der Waals surface area contributed by atoms with E-state index in [1.165, 1.54) is 0 Å². The van der Waals surface area contributed by atoms with Gasteiger partial charge in [0.25, 0.3) is 0 Å². The number of hydrogen-bond donors (Lipinski definition) is 1. The highest BCUT2D eigenvalue weighted by Gasteiger charge is 2.12. The van der Waals surface area contributed by atoms with Crippen molar-refractivity contribution in [2.75, 3.05) is 14.2 Å². The summed E-state index contributed by atoms with van der Waals surface area (Å²) in [5.74, 6) is 2.25. The van der Waals surface area contributed by atoms with Gasteiger partial charge in [-0.1, -0.05) is 35.0 Å². The minimum atomic E-state index is -0.111. The van der Waals surface area contributed by atoms with Crippen LogP contribution in [-0.2, 0) is 17.8 Å². The molecule has 0 saturated carbocycles. The van der Waals surface area contributed by atoms with Gasteiger partial charge in [-0.15, -0.1) is 0 Å². The molecule has 1 N–H and O–H groups in total. The third-order valence-electron chi connectivity index (χ3n) is 4.31. The molecule has 0 aliphatic rings. The molecule has 0 spiro atoms. The van der Waals surface area contributed by atoms with E-state index < -0.39 is 0 Å². The lowest BCUT2D eigenvalue weighted by molar-refractivity contribution is -0.121. The summed E-state index contributed by atoms with van der Waals surface area (Å²) in [5, 5.41) is 6.86. The van der Waals surface area contributed by atoms with Crippen molar-refractivity contribution in [3.8, 4) is 22.9 Å². The van der Waals surface area contributed by atoms with E-state index in [0.29, 0.717) is 36.2 Å². The van der Waals surface area contributed by atoms with Gasteiger partial charge in [-0.2, -0.15) is 4.98 Å². The molecule has 146 valence electrons. The Labute approximate surface area is 163 Å². The molecule has 3 aromatic rings. The van der Waals surface area contributed by atoms with Crippen molar-refractivity contribution in [3.63, 3.8) is 0 Å². The van der Waals surface area contributed by atoms with E-state index in [-0.39, 0.29) is 12.3 Å². The monoisotopic (exact) mass is 381 g/mol. The Morgan fingerprint density at radius 3 is 2.61 bits per heavy atom. The Kier molecular flexibility index (Phi) is 6.26. The summed E-state index contributed by atoms with van der Waals surface area (Å²) in [6.45, 7) is 2.36. The highest BCUT2D eigenvalue weighted by Crippen LogP contribution is 2.23. The molecule has 0 saturated heterocycles. The first kappa shape index (κ1) is 19.4. The van der Waals surface area contributed by atoms with Gasteiger partial charge in [-0.05, 0) is 25.1 Å². The number of hydrogen-bond acceptors (Lipinski definition) is 6. The first-order valence-corrected chi connectivity index (χ1v) is 8.96. The van der Waals surface area contributed by atoms with Gasteiger partial charge in [0.05, 0.1) is 14.2 Å². The number of ether oxygens (including phenoxy) is 2. The summed E-state index contributed by atoms with van der Waals surface area (Å²) in [6.07, 6.45) is 0.627. The number of methoxy groups -OCH3 is 2. The van der Waals surface area contributed by atoms with Gasteiger partial charge < -0.3 is 19.3 Å². The van der Waals surface area contributed by atoms with Gasteiger partial charge in [0.1, 0.15) is 11.5 Å². The van der Waals surface area contributed by atoms with E-state index in [0.717, 1.165) is 16.7 Å². The molecule has 0 aliphatic carbocycles. The molecule has 1 heterocycles. The fourth-order valence-electron chi connectivity index (χ4n) is 2.70. The zero-order chi connectivity index (χ0) is 19.9. The summed E-state index contributed by atoms with van der Waals surface area (Å²) >= 11 is 0. The maximum atomic E-state index is 12.2. The van der Waals surface area contributed by atoms with E-state index in [1.54, 1.807) is 14.2 Å². The van der Waals surface area contributed by atoms with Crippen molar-refractivity contribution in [3.05, 3.63) is 59.5 Å². The van der Waals surface area contributed by atoms with E-state index in [4.69, 9.17) is 14.0 Å². The Hall–Kier alpha value is -3.35. The average Bonchev–Trinajstić information content (AvgIpc) is 3.20. The topological polar surface area (TPSA) is 86.5 Å². The molecule has 28 heavy (non-hydrogen) atoms. The van der Waals surface area contributed by atoms with Crippen LogP contribution in [0.3, 0.4) is 0 Å². The highest BCUT2D eigenvalue weighted by atomic mass is 16.5. The fraction of sp³-hybridized carbons (Fsp3) is 0.286. The average molecular weight is 381 g/mol. The van der Waals surface area contributed by atoms with Crippen LogP contribution in [-0.4, -0.2) is 30.3 Å². The van der Waals surface area contributed by atoms with Crippen LogP contribution >= 0.6 is 0 Å². The van der Waals surface area contributed by atoms with Gasteiger partial charge in [0.15, 0.2) is 0 Å².